The van der Waals surface area contributed by atoms with Crippen LogP contribution in [0.2, 0.25) is 0 Å². The maximum absolute atomic E-state index is 13.4. The molecule has 1 aromatic heterocycles. The van der Waals surface area contributed by atoms with Crippen molar-refractivity contribution in [2.24, 2.45) is 0 Å². The van der Waals surface area contributed by atoms with Crippen molar-refractivity contribution >= 4 is 38.8 Å². The number of urea groups is 1. The molecule has 0 bridgehead atoms. The van der Waals surface area contributed by atoms with Gasteiger partial charge in [-0.2, -0.15) is 0 Å². The van der Waals surface area contributed by atoms with Crippen LogP contribution in [-0.4, -0.2) is 52.8 Å². The van der Waals surface area contributed by atoms with Crippen molar-refractivity contribution in [2.75, 3.05) is 31.5 Å². The fourth-order valence-electron chi connectivity index (χ4n) is 4.65. The molecule has 2 aromatic rings. The van der Waals surface area contributed by atoms with E-state index in [2.05, 4.69) is 16.1 Å². The summed E-state index contributed by atoms with van der Waals surface area (Å²) in [6.07, 6.45) is 3.51. The van der Waals surface area contributed by atoms with E-state index in [0.717, 1.165) is 23.3 Å². The molecule has 3 amide bonds. The molecule has 4 rings (SSSR count). The normalized spacial score (nSPS) is 23.2. The van der Waals surface area contributed by atoms with E-state index >= 15 is 0 Å². The van der Waals surface area contributed by atoms with Crippen LogP contribution in [0, 0.1) is 0 Å². The minimum absolute atomic E-state index is 0.0378. The minimum Gasteiger partial charge on any atom is -0.364 e. The van der Waals surface area contributed by atoms with Gasteiger partial charge in [-0.25, -0.2) is 23.5 Å². The lowest BCUT2D eigenvalue weighted by Crippen LogP contribution is -2.45. The number of hydroxylamine groups is 1. The number of hydrogen-bond donors (Lipinski definition) is 3. The molecule has 0 aliphatic carbocycles. The van der Waals surface area contributed by atoms with Crippen LogP contribution >= 0.6 is 11.3 Å². The smallest absolute Gasteiger partial charge is 0.321 e. The summed E-state index contributed by atoms with van der Waals surface area (Å²) in [7, 11) is -2.11. The second-order valence-electron chi connectivity index (χ2n) is 9.19. The van der Waals surface area contributed by atoms with E-state index in [-0.39, 0.29) is 18.9 Å². The van der Waals surface area contributed by atoms with E-state index in [1.807, 2.05) is 24.3 Å². The summed E-state index contributed by atoms with van der Waals surface area (Å²) in [6, 6.07) is 10.5. The number of nitrogens with one attached hydrogen (secondary N) is 3. The van der Waals surface area contributed by atoms with Crippen LogP contribution in [0.5, 0.6) is 0 Å². The van der Waals surface area contributed by atoms with E-state index < -0.39 is 32.8 Å². The van der Waals surface area contributed by atoms with Gasteiger partial charge in [0.25, 0.3) is 0 Å². The van der Waals surface area contributed by atoms with Crippen LogP contribution in [0.25, 0.3) is 10.4 Å². The van der Waals surface area contributed by atoms with Gasteiger partial charge in [-0.3, -0.25) is 4.79 Å². The molecule has 2 fully saturated rings. The lowest BCUT2D eigenvalue weighted by Gasteiger charge is -2.35. The number of sulfone groups is 1. The highest BCUT2D eigenvalue weighted by molar-refractivity contribution is 7.92. The van der Waals surface area contributed by atoms with E-state index in [0.29, 0.717) is 42.9 Å². The monoisotopic (exact) mass is 551 g/mol. The van der Waals surface area contributed by atoms with Crippen molar-refractivity contribution in [1.82, 2.24) is 10.8 Å². The number of methoxy groups -OCH3 is 1. The van der Waals surface area contributed by atoms with Crippen LogP contribution in [0.15, 0.2) is 36.4 Å². The Morgan fingerprint density at radius 3 is 2.78 bits per heavy atom. The summed E-state index contributed by atoms with van der Waals surface area (Å²) in [6.45, 7) is 0.661. The Hall–Kier alpha value is -2.51. The molecule has 0 spiro atoms. The Morgan fingerprint density at radius 2 is 2.03 bits per heavy atom. The van der Waals surface area contributed by atoms with Gasteiger partial charge in [0.2, 0.25) is 5.91 Å². The molecule has 2 aliphatic rings. The van der Waals surface area contributed by atoms with Crippen LogP contribution in [-0.2, 0) is 33.7 Å². The first-order valence-corrected chi connectivity index (χ1v) is 14.8. The lowest BCUT2D eigenvalue weighted by molar-refractivity contribution is -0.200. The van der Waals surface area contributed by atoms with Crippen molar-refractivity contribution < 1.29 is 32.3 Å². The number of carbonyl (C=O) groups is 2. The number of anilines is 1. The summed E-state index contributed by atoms with van der Waals surface area (Å²) in [5.41, 5.74) is 3.84. The Kier molecular flexibility index (Phi) is 9.19. The van der Waals surface area contributed by atoms with Crippen LogP contribution in [0.3, 0.4) is 0 Å². The standard InChI is InChI=1S/C25H33N3O7S2/c1-33-17-26-24(30)27-19-8-6-7-18(15-19)20-10-11-21(36-20)25(12-3-5-14-37(25,31)32)16-22(29)28-35-23-9-2-4-13-34-23/h6-8,10-11,15,23H,2-5,9,12-14,16-17H2,1H3,(H,28,29)(H2,26,27,30)/t23?,25-/m0/s1. The van der Waals surface area contributed by atoms with Crippen LogP contribution in [0.4, 0.5) is 10.5 Å². The van der Waals surface area contributed by atoms with Gasteiger partial charge in [0.1, 0.15) is 11.5 Å². The molecule has 0 saturated carbocycles. The Balaban J connectivity index is 1.53. The number of rotatable bonds is 9. The number of carbonyl (C=O) groups excluding carboxylic acids is 2. The first-order chi connectivity index (χ1) is 17.8. The molecule has 12 heteroatoms. The number of thiophene rings is 1. The molecule has 3 heterocycles. The number of ether oxygens (including phenoxy) is 2. The number of benzene rings is 1. The lowest BCUT2D eigenvalue weighted by atomic mass is 9.94. The fourth-order valence-corrected chi connectivity index (χ4v) is 8.42. The summed E-state index contributed by atoms with van der Waals surface area (Å²) in [5, 5.41) is 5.30. The molecule has 1 unspecified atom stereocenters. The van der Waals surface area contributed by atoms with Crippen molar-refractivity contribution in [3.8, 4) is 10.4 Å². The molecule has 10 nitrogen and oxygen atoms in total. The molecular formula is C25H33N3O7S2. The third-order valence-electron chi connectivity index (χ3n) is 6.56. The van der Waals surface area contributed by atoms with Gasteiger partial charge >= 0.3 is 6.03 Å². The Labute approximate surface area is 220 Å². The first kappa shape index (κ1) is 27.5. The van der Waals surface area contributed by atoms with E-state index in [1.165, 1.54) is 18.4 Å². The zero-order valence-electron chi connectivity index (χ0n) is 20.8. The largest absolute Gasteiger partial charge is 0.364 e. The second-order valence-corrected chi connectivity index (χ2v) is 12.7. The Morgan fingerprint density at radius 1 is 1.16 bits per heavy atom. The van der Waals surface area contributed by atoms with Gasteiger partial charge < -0.3 is 20.1 Å². The van der Waals surface area contributed by atoms with Gasteiger partial charge in [0.15, 0.2) is 16.1 Å². The Bertz CT molecular complexity index is 1190. The van der Waals surface area contributed by atoms with E-state index in [1.54, 1.807) is 12.1 Å². The molecule has 2 atom stereocenters. The molecule has 37 heavy (non-hydrogen) atoms. The van der Waals surface area contributed by atoms with E-state index in [9.17, 15) is 18.0 Å². The van der Waals surface area contributed by atoms with Gasteiger partial charge in [0, 0.05) is 35.6 Å². The maximum Gasteiger partial charge on any atom is 0.321 e. The van der Waals surface area contributed by atoms with Gasteiger partial charge in [-0.05, 0) is 55.5 Å². The average molecular weight is 552 g/mol. The van der Waals surface area contributed by atoms with Crippen molar-refractivity contribution in [3.05, 3.63) is 41.3 Å². The van der Waals surface area contributed by atoms with Crippen molar-refractivity contribution in [2.45, 2.75) is 56.0 Å². The minimum atomic E-state index is -3.59. The molecule has 2 aliphatic heterocycles. The predicted octanol–water partition coefficient (Wildman–Crippen LogP) is 3.90. The highest BCUT2D eigenvalue weighted by Gasteiger charge is 2.49. The predicted molar refractivity (Wildman–Crippen MR) is 141 cm³/mol. The molecule has 202 valence electrons. The quantitative estimate of drug-likeness (QED) is 0.318. The van der Waals surface area contributed by atoms with Gasteiger partial charge in [-0.1, -0.05) is 18.6 Å². The first-order valence-electron chi connectivity index (χ1n) is 12.4. The third kappa shape index (κ3) is 6.68. The topological polar surface area (TPSA) is 132 Å². The van der Waals surface area contributed by atoms with Crippen molar-refractivity contribution in [1.29, 1.82) is 0 Å². The fraction of sp³-hybridized carbons (Fsp3) is 0.520. The number of amides is 3. The zero-order valence-corrected chi connectivity index (χ0v) is 22.4. The van der Waals surface area contributed by atoms with Crippen LogP contribution in [0.1, 0.15) is 49.8 Å². The van der Waals surface area contributed by atoms with E-state index in [4.69, 9.17) is 14.3 Å². The summed E-state index contributed by atoms with van der Waals surface area (Å²) < 4.78 is 35.9. The summed E-state index contributed by atoms with van der Waals surface area (Å²) in [4.78, 5) is 31.8. The zero-order chi connectivity index (χ0) is 26.3. The molecule has 3 N–H and O–H groups in total. The highest BCUT2D eigenvalue weighted by atomic mass is 32.2. The molecule has 0 radical (unpaired) electrons. The third-order valence-corrected chi connectivity index (χ3v) is 10.6. The SMILES string of the molecule is COCNC(=O)Nc1cccc(-c2ccc([C@@]3(CC(=O)NOC4CCCCO4)CCCCS3(=O)=O)s2)c1. The van der Waals surface area contributed by atoms with Gasteiger partial charge in [-0.15, -0.1) is 11.3 Å². The number of hydrogen-bond acceptors (Lipinski definition) is 8. The van der Waals surface area contributed by atoms with Crippen LogP contribution < -0.4 is 16.1 Å². The summed E-state index contributed by atoms with van der Waals surface area (Å²) >= 11 is 1.35. The molecule has 2 saturated heterocycles. The maximum atomic E-state index is 13.4. The molecular weight excluding hydrogens is 518 g/mol. The average Bonchev–Trinajstić information content (AvgIpc) is 3.39. The van der Waals surface area contributed by atoms with Gasteiger partial charge in [0.05, 0.1) is 12.2 Å². The highest BCUT2D eigenvalue weighted by Crippen LogP contribution is 2.47. The van der Waals surface area contributed by atoms with Crippen molar-refractivity contribution in [3.63, 3.8) is 0 Å². The molecule has 1 aromatic carbocycles. The second kappa shape index (κ2) is 12.4. The summed E-state index contributed by atoms with van der Waals surface area (Å²) in [5.74, 6) is -0.446.